The van der Waals surface area contributed by atoms with Crippen molar-refractivity contribution in [3.05, 3.63) is 83.4 Å². The predicted molar refractivity (Wildman–Crippen MR) is 143 cm³/mol. The first-order valence-electron chi connectivity index (χ1n) is 13.3. The van der Waals surface area contributed by atoms with Crippen LogP contribution in [0.1, 0.15) is 52.0 Å². The Balaban J connectivity index is 1.08. The van der Waals surface area contributed by atoms with Crippen LogP contribution in [0.3, 0.4) is 0 Å². The molecular weight excluding hydrogens is 500 g/mol. The highest BCUT2D eigenvalue weighted by molar-refractivity contribution is 5.92. The van der Waals surface area contributed by atoms with Crippen molar-refractivity contribution in [3.63, 3.8) is 0 Å². The zero-order valence-corrected chi connectivity index (χ0v) is 21.9. The fraction of sp³-hybridized carbons (Fsp3) is 0.355. The van der Waals surface area contributed by atoms with Gasteiger partial charge in [-0.1, -0.05) is 0 Å². The number of rotatable bonds is 14. The number of benzene rings is 3. The number of hydrogen-bond acceptors (Lipinski definition) is 8. The van der Waals surface area contributed by atoms with Gasteiger partial charge in [0, 0.05) is 0 Å². The molecular formula is C31H32O8. The molecule has 0 spiro atoms. The Bertz CT molecular complexity index is 1260. The summed E-state index contributed by atoms with van der Waals surface area (Å²) in [6.45, 7) is 4.70. The number of carbonyl (C=O) groups is 2. The van der Waals surface area contributed by atoms with Gasteiger partial charge in [-0.3, -0.25) is 0 Å². The van der Waals surface area contributed by atoms with E-state index in [1.165, 1.54) is 0 Å². The lowest BCUT2D eigenvalue weighted by Crippen LogP contribution is -2.10. The maximum atomic E-state index is 12.6. The second-order valence-corrected chi connectivity index (χ2v) is 9.65. The van der Waals surface area contributed by atoms with Crippen molar-refractivity contribution < 1.29 is 38.0 Å². The van der Waals surface area contributed by atoms with Crippen LogP contribution in [-0.2, 0) is 9.47 Å². The van der Waals surface area contributed by atoms with E-state index in [1.807, 2.05) is 0 Å². The second-order valence-electron chi connectivity index (χ2n) is 9.65. The zero-order chi connectivity index (χ0) is 27.0. The molecule has 0 amide bonds. The van der Waals surface area contributed by atoms with Crippen LogP contribution in [0, 0.1) is 6.92 Å². The van der Waals surface area contributed by atoms with Gasteiger partial charge < -0.3 is 28.4 Å². The van der Waals surface area contributed by atoms with E-state index in [1.54, 1.807) is 73.7 Å². The van der Waals surface area contributed by atoms with Crippen LogP contribution < -0.4 is 18.9 Å². The monoisotopic (exact) mass is 532 g/mol. The first-order valence-corrected chi connectivity index (χ1v) is 13.3. The molecule has 2 atom stereocenters. The Hall–Kier alpha value is -3.88. The van der Waals surface area contributed by atoms with Crippen molar-refractivity contribution in [2.45, 2.75) is 44.8 Å². The predicted octanol–water partition coefficient (Wildman–Crippen LogP) is 5.55. The number of carbonyl (C=O) groups excluding carboxylic acids is 2. The quantitative estimate of drug-likeness (QED) is 0.115. The summed E-state index contributed by atoms with van der Waals surface area (Å²) in [6.07, 6.45) is 4.66. The first kappa shape index (κ1) is 26.7. The fourth-order valence-electron chi connectivity index (χ4n) is 3.97. The van der Waals surface area contributed by atoms with Gasteiger partial charge in [-0.25, -0.2) is 9.59 Å². The highest BCUT2D eigenvalue weighted by Gasteiger charge is 2.22. The van der Waals surface area contributed by atoms with E-state index in [2.05, 4.69) is 0 Å². The van der Waals surface area contributed by atoms with Gasteiger partial charge in [0.2, 0.25) is 0 Å². The number of esters is 2. The van der Waals surface area contributed by atoms with Crippen LogP contribution in [0.25, 0.3) is 0 Å². The van der Waals surface area contributed by atoms with Gasteiger partial charge in [0.15, 0.2) is 0 Å². The first-order chi connectivity index (χ1) is 19.0. The lowest BCUT2D eigenvalue weighted by Gasteiger charge is -2.11. The largest absolute Gasteiger partial charge is 0.494 e. The molecule has 0 radical (unpaired) electrons. The van der Waals surface area contributed by atoms with Gasteiger partial charge in [-0.05, 0) is 105 Å². The minimum Gasteiger partial charge on any atom is -0.494 e. The molecule has 0 N–H and O–H groups in total. The van der Waals surface area contributed by atoms with Gasteiger partial charge in [-0.2, -0.15) is 0 Å². The molecule has 2 heterocycles. The van der Waals surface area contributed by atoms with E-state index >= 15 is 0 Å². The van der Waals surface area contributed by atoms with Crippen LogP contribution in [0.5, 0.6) is 23.0 Å². The van der Waals surface area contributed by atoms with Crippen molar-refractivity contribution in [3.8, 4) is 23.0 Å². The average molecular weight is 533 g/mol. The van der Waals surface area contributed by atoms with Crippen LogP contribution in [0.2, 0.25) is 0 Å². The van der Waals surface area contributed by atoms with Gasteiger partial charge >= 0.3 is 11.9 Å². The summed E-state index contributed by atoms with van der Waals surface area (Å²) in [5, 5.41) is 0. The molecule has 2 fully saturated rings. The molecule has 3 aromatic rings. The third-order valence-electron chi connectivity index (χ3n) is 6.42. The van der Waals surface area contributed by atoms with Gasteiger partial charge in [0.05, 0.1) is 49.8 Å². The van der Waals surface area contributed by atoms with Crippen molar-refractivity contribution >= 4 is 11.9 Å². The molecule has 204 valence electrons. The molecule has 8 nitrogen and oxygen atoms in total. The molecule has 0 aliphatic carbocycles. The van der Waals surface area contributed by atoms with Crippen LogP contribution in [0.15, 0.2) is 66.7 Å². The van der Waals surface area contributed by atoms with E-state index in [9.17, 15) is 9.59 Å². The van der Waals surface area contributed by atoms with E-state index < -0.39 is 11.9 Å². The molecule has 2 aliphatic rings. The standard InChI is InChI=1S/C31H32O8/c1-21-18-26(38-30(32)22-6-10-24(11-7-22)34-16-2-4-27-19-36-27)14-15-29(21)39-31(33)23-8-12-25(13-9-23)35-17-3-5-28-20-37-28/h6-15,18,27-28H,2-5,16-17,19-20H2,1H3. The maximum absolute atomic E-state index is 12.6. The zero-order valence-electron chi connectivity index (χ0n) is 21.9. The summed E-state index contributed by atoms with van der Waals surface area (Å²) in [7, 11) is 0. The number of ether oxygens (including phenoxy) is 6. The Morgan fingerprint density at radius 2 is 1.15 bits per heavy atom. The molecule has 3 aromatic carbocycles. The van der Waals surface area contributed by atoms with E-state index in [-0.39, 0.29) is 0 Å². The van der Waals surface area contributed by atoms with Crippen LogP contribution in [0.4, 0.5) is 0 Å². The summed E-state index contributed by atoms with van der Waals surface area (Å²) < 4.78 is 32.9. The number of hydrogen-bond donors (Lipinski definition) is 0. The topological polar surface area (TPSA) is 96.1 Å². The average Bonchev–Trinajstić information content (AvgIpc) is 3.87. The Morgan fingerprint density at radius 3 is 1.62 bits per heavy atom. The molecule has 2 aliphatic heterocycles. The Kier molecular flexibility index (Phi) is 8.75. The van der Waals surface area contributed by atoms with E-state index in [4.69, 9.17) is 28.4 Å². The molecule has 5 rings (SSSR count). The molecule has 2 unspecified atom stereocenters. The molecule has 8 heteroatoms. The fourth-order valence-corrected chi connectivity index (χ4v) is 3.97. The molecule has 0 saturated carbocycles. The lowest BCUT2D eigenvalue weighted by atomic mass is 10.2. The molecule has 2 saturated heterocycles. The summed E-state index contributed by atoms with van der Waals surface area (Å²) in [5.74, 6) is 1.18. The van der Waals surface area contributed by atoms with Crippen LogP contribution >= 0.6 is 0 Å². The third-order valence-corrected chi connectivity index (χ3v) is 6.42. The maximum Gasteiger partial charge on any atom is 0.343 e. The van der Waals surface area contributed by atoms with E-state index in [0.717, 1.165) is 38.9 Å². The summed E-state index contributed by atoms with van der Waals surface area (Å²) in [5.41, 5.74) is 1.48. The summed E-state index contributed by atoms with van der Waals surface area (Å²) in [6, 6.07) is 18.6. The van der Waals surface area contributed by atoms with Crippen molar-refractivity contribution in [1.82, 2.24) is 0 Å². The summed E-state index contributed by atoms with van der Waals surface area (Å²) >= 11 is 0. The minimum atomic E-state index is -0.486. The molecule has 0 aromatic heterocycles. The normalized spacial score (nSPS) is 17.3. The second kappa shape index (κ2) is 12.8. The van der Waals surface area contributed by atoms with Gasteiger partial charge in [-0.15, -0.1) is 0 Å². The summed E-state index contributed by atoms with van der Waals surface area (Å²) in [4.78, 5) is 25.2. The van der Waals surface area contributed by atoms with Crippen LogP contribution in [-0.4, -0.2) is 50.6 Å². The van der Waals surface area contributed by atoms with Crippen molar-refractivity contribution in [2.24, 2.45) is 0 Å². The highest BCUT2D eigenvalue weighted by Crippen LogP contribution is 2.26. The third kappa shape index (κ3) is 8.30. The lowest BCUT2D eigenvalue weighted by molar-refractivity contribution is 0.0718. The SMILES string of the molecule is Cc1cc(OC(=O)c2ccc(OCCCC3CO3)cc2)ccc1OC(=O)c1ccc(OCCCC2CO2)cc1. The van der Waals surface area contributed by atoms with Crippen molar-refractivity contribution in [1.29, 1.82) is 0 Å². The number of aryl methyl sites for hydroxylation is 1. The van der Waals surface area contributed by atoms with Gasteiger partial charge in [0.1, 0.15) is 23.0 Å². The number of epoxide rings is 2. The smallest absolute Gasteiger partial charge is 0.343 e. The molecule has 39 heavy (non-hydrogen) atoms. The molecule has 0 bridgehead atoms. The Labute approximate surface area is 227 Å². The Morgan fingerprint density at radius 1 is 0.692 bits per heavy atom. The highest BCUT2D eigenvalue weighted by atomic mass is 16.6. The minimum absolute atomic E-state index is 0.356. The van der Waals surface area contributed by atoms with Gasteiger partial charge in [0.25, 0.3) is 0 Å². The van der Waals surface area contributed by atoms with Crippen molar-refractivity contribution in [2.75, 3.05) is 26.4 Å². The van der Waals surface area contributed by atoms with E-state index in [0.29, 0.717) is 65.1 Å².